The van der Waals surface area contributed by atoms with Crippen molar-refractivity contribution in [3.63, 3.8) is 0 Å². The van der Waals surface area contributed by atoms with E-state index in [2.05, 4.69) is 78.6 Å². The average molecular weight is 699 g/mol. The summed E-state index contributed by atoms with van der Waals surface area (Å²) in [6.45, 7) is 31.1. The van der Waals surface area contributed by atoms with Crippen molar-refractivity contribution in [3.05, 3.63) is 35.9 Å². The summed E-state index contributed by atoms with van der Waals surface area (Å²) in [4.78, 5) is 27.4. The van der Waals surface area contributed by atoms with Gasteiger partial charge in [0, 0.05) is 18.9 Å². The van der Waals surface area contributed by atoms with Crippen molar-refractivity contribution in [2.45, 2.75) is 135 Å². The molecule has 1 fully saturated rings. The Labute approximate surface area is 271 Å². The van der Waals surface area contributed by atoms with Crippen LogP contribution in [0.5, 0.6) is 5.75 Å². The second-order valence-corrected chi connectivity index (χ2v) is 38.9. The largest absolute Gasteiger partial charge is 0.544 e. The average Bonchev–Trinajstić information content (AvgIpc) is 2.75. The molecule has 2 rings (SSSR count). The third-order valence-electron chi connectivity index (χ3n) is 6.05. The summed E-state index contributed by atoms with van der Waals surface area (Å²) in [7, 11) is -10.6. The van der Waals surface area contributed by atoms with Crippen molar-refractivity contribution >= 4 is 59.6 Å². The number of carbonyl (C=O) groups is 2. The Hall–Kier alpha value is -1.34. The molecule has 0 spiro atoms. The van der Waals surface area contributed by atoms with E-state index in [0.717, 1.165) is 11.3 Å². The lowest BCUT2D eigenvalue weighted by Crippen LogP contribution is -2.64. The molecule has 0 N–H and O–H groups in total. The summed E-state index contributed by atoms with van der Waals surface area (Å²) >= 11 is 0. The summed E-state index contributed by atoms with van der Waals surface area (Å²) in [5.74, 6) is -0.0341. The number of carbonyl (C=O) groups excluding carboxylic acids is 2. The van der Waals surface area contributed by atoms with Gasteiger partial charge in [-0.2, -0.15) is 0 Å². The molecule has 0 amide bonds. The molecule has 0 radical (unpaired) electrons. The number of hydrogen-bond acceptors (Lipinski definition) is 8. The van der Waals surface area contributed by atoms with E-state index < -0.39 is 71.5 Å². The molecule has 8 nitrogen and oxygen atoms in total. The van der Waals surface area contributed by atoms with Crippen LogP contribution in [0, 0.1) is 0 Å². The first-order valence-electron chi connectivity index (χ1n) is 15.6. The number of ether oxygens (including phenoxy) is 1. The van der Waals surface area contributed by atoms with E-state index in [1.807, 2.05) is 43.9 Å². The molecule has 44 heavy (non-hydrogen) atoms. The molecule has 1 aliphatic carbocycles. The molecule has 1 saturated carbocycles. The van der Waals surface area contributed by atoms with Gasteiger partial charge in [-0.05, 0) is 122 Å². The number of hydrogen-bond donors (Lipinski definition) is 0. The zero-order chi connectivity index (χ0) is 33.9. The Morgan fingerprint density at radius 3 is 1.55 bits per heavy atom. The molecule has 2 atom stereocenters. The minimum atomic E-state index is -2.25. The van der Waals surface area contributed by atoms with Crippen LogP contribution >= 0.6 is 0 Å². The molecule has 1 aromatic rings. The van der Waals surface area contributed by atoms with Crippen LogP contribution in [0.1, 0.15) is 18.4 Å². The second kappa shape index (κ2) is 14.2. The molecular weight excluding hydrogens is 641 g/mol. The molecular formula is C31H58O8Si5. The van der Waals surface area contributed by atoms with Crippen LogP contribution in [0.3, 0.4) is 0 Å². The molecule has 0 saturated heterocycles. The summed E-state index contributed by atoms with van der Waals surface area (Å²) in [5, 5.41) is 0. The normalized spacial score (nSPS) is 23.8. The van der Waals surface area contributed by atoms with Gasteiger partial charge in [-0.1, -0.05) is 12.1 Å². The summed E-state index contributed by atoms with van der Waals surface area (Å²) in [6, 6.07) is 7.66. The molecule has 13 heteroatoms. The maximum absolute atomic E-state index is 14.0. The Morgan fingerprint density at radius 2 is 1.16 bits per heavy atom. The summed E-state index contributed by atoms with van der Waals surface area (Å²) in [6.07, 6.45) is 1.72. The topological polar surface area (TPSA) is 89.5 Å². The first kappa shape index (κ1) is 38.8. The highest BCUT2D eigenvalue weighted by atomic mass is 28.4. The fraction of sp³-hybridized carbons (Fsp3) is 0.677. The SMILES string of the molecule is C[Si](C)(C)OC(=O)C1(O[Si](C)(C)C)CC(O[Si](C)(C)C)C(OC(=O)/C=C/c2ccc(O[Si](C)(C)C)cc2)C(O[Si](C)(C)C)C1. The monoisotopic (exact) mass is 698 g/mol. The van der Waals surface area contributed by atoms with Gasteiger partial charge in [0.1, 0.15) is 5.75 Å². The Balaban J connectivity index is 2.48. The molecule has 250 valence electrons. The quantitative estimate of drug-likeness (QED) is 0.116. The lowest BCUT2D eigenvalue weighted by molar-refractivity contribution is -0.188. The smallest absolute Gasteiger partial charge is 0.331 e. The van der Waals surface area contributed by atoms with Gasteiger partial charge in [-0.3, -0.25) is 4.79 Å². The van der Waals surface area contributed by atoms with Crippen molar-refractivity contribution < 1.29 is 36.5 Å². The van der Waals surface area contributed by atoms with Crippen molar-refractivity contribution in [3.8, 4) is 5.75 Å². The highest BCUT2D eigenvalue weighted by molar-refractivity contribution is 6.72. The van der Waals surface area contributed by atoms with Crippen molar-refractivity contribution in [2.75, 3.05) is 0 Å². The zero-order valence-corrected chi connectivity index (χ0v) is 34.9. The maximum atomic E-state index is 14.0. The summed E-state index contributed by atoms with van der Waals surface area (Å²) in [5.41, 5.74) is -0.396. The Kier molecular flexibility index (Phi) is 12.5. The first-order valence-corrected chi connectivity index (χ1v) is 32.7. The van der Waals surface area contributed by atoms with E-state index in [1.54, 1.807) is 6.08 Å². The van der Waals surface area contributed by atoms with E-state index in [9.17, 15) is 9.59 Å². The molecule has 0 aliphatic heterocycles. The van der Waals surface area contributed by atoms with Gasteiger partial charge >= 0.3 is 11.9 Å². The van der Waals surface area contributed by atoms with E-state index >= 15 is 0 Å². The van der Waals surface area contributed by atoms with E-state index in [4.69, 9.17) is 26.9 Å². The molecule has 1 aromatic carbocycles. The molecule has 2 unspecified atom stereocenters. The Bertz CT molecular complexity index is 1130. The predicted octanol–water partition coefficient (Wildman–Crippen LogP) is 8.03. The van der Waals surface area contributed by atoms with Crippen LogP contribution in [0.15, 0.2) is 30.3 Å². The van der Waals surface area contributed by atoms with Gasteiger partial charge in [0.15, 0.2) is 36.7 Å². The van der Waals surface area contributed by atoms with Crippen LogP contribution < -0.4 is 4.43 Å². The van der Waals surface area contributed by atoms with E-state index in [0.29, 0.717) is 0 Å². The summed E-state index contributed by atoms with van der Waals surface area (Å²) < 4.78 is 38.5. The number of rotatable bonds is 13. The van der Waals surface area contributed by atoms with Gasteiger partial charge in [-0.25, -0.2) is 4.79 Å². The van der Waals surface area contributed by atoms with Crippen LogP contribution in [0.2, 0.25) is 98.2 Å². The molecule has 0 heterocycles. The maximum Gasteiger partial charge on any atom is 0.331 e. The number of esters is 1. The van der Waals surface area contributed by atoms with Crippen molar-refractivity contribution in [1.82, 2.24) is 0 Å². The lowest BCUT2D eigenvalue weighted by atomic mass is 9.79. The highest BCUT2D eigenvalue weighted by Gasteiger charge is 2.57. The Morgan fingerprint density at radius 1 is 0.682 bits per heavy atom. The van der Waals surface area contributed by atoms with Crippen molar-refractivity contribution in [1.29, 1.82) is 0 Å². The van der Waals surface area contributed by atoms with Crippen LogP contribution in [0.25, 0.3) is 6.08 Å². The minimum Gasteiger partial charge on any atom is -0.544 e. The van der Waals surface area contributed by atoms with E-state index in [1.165, 1.54) is 6.08 Å². The fourth-order valence-electron chi connectivity index (χ4n) is 5.07. The second-order valence-electron chi connectivity index (χ2n) is 16.7. The van der Waals surface area contributed by atoms with Crippen molar-refractivity contribution in [2.24, 2.45) is 0 Å². The lowest BCUT2D eigenvalue weighted by Gasteiger charge is -2.50. The fourth-order valence-corrected chi connectivity index (χ4v) is 10.3. The third kappa shape index (κ3) is 14.0. The predicted molar refractivity (Wildman–Crippen MR) is 192 cm³/mol. The first-order chi connectivity index (χ1) is 19.7. The van der Waals surface area contributed by atoms with Gasteiger partial charge in [0.25, 0.3) is 0 Å². The van der Waals surface area contributed by atoms with Gasteiger partial charge in [0.05, 0.1) is 12.2 Å². The van der Waals surface area contributed by atoms with Gasteiger partial charge in [0.2, 0.25) is 16.6 Å². The molecule has 1 aliphatic rings. The highest BCUT2D eigenvalue weighted by Crippen LogP contribution is 2.42. The van der Waals surface area contributed by atoms with Crippen LogP contribution in [-0.2, 0) is 32.0 Å². The van der Waals surface area contributed by atoms with Crippen LogP contribution in [0.4, 0.5) is 0 Å². The standard InChI is InChI=1S/C31H58O8Si5/c1-40(2,3)35-25-19-16-24(17-20-25)18-21-28(32)34-29-26(36-41(4,5)6)22-31(39-44(13,14)15,30(33)38-43(10,11)12)23-27(29)37-42(7,8)9/h16-21,26-27,29H,22-23H2,1-15H3/b21-18+. The molecule has 0 bridgehead atoms. The molecule has 0 aromatic heterocycles. The minimum absolute atomic E-state index is 0.233. The number of benzene rings is 1. The van der Waals surface area contributed by atoms with Gasteiger partial charge in [-0.15, -0.1) is 0 Å². The zero-order valence-electron chi connectivity index (χ0n) is 29.9. The van der Waals surface area contributed by atoms with Gasteiger partial charge < -0.3 is 26.9 Å². The van der Waals surface area contributed by atoms with E-state index in [-0.39, 0.29) is 18.8 Å². The third-order valence-corrected chi connectivity index (χ3v) is 10.7. The van der Waals surface area contributed by atoms with Crippen LogP contribution in [-0.4, -0.2) is 77.4 Å².